The fourth-order valence-corrected chi connectivity index (χ4v) is 2.34. The highest BCUT2D eigenvalue weighted by molar-refractivity contribution is 5.95. The minimum Gasteiger partial charge on any atom is -0.405 e. The molecule has 0 aliphatic carbocycles. The van der Waals surface area contributed by atoms with Gasteiger partial charge in [0.1, 0.15) is 0 Å². The summed E-state index contributed by atoms with van der Waals surface area (Å²) in [6.07, 6.45) is 2.42. The first-order valence-corrected chi connectivity index (χ1v) is 8.87. The van der Waals surface area contributed by atoms with E-state index in [-0.39, 0.29) is 0 Å². The number of carbonyl (C=O) groups is 1. The quantitative estimate of drug-likeness (QED) is 0.405. The van der Waals surface area contributed by atoms with E-state index in [0.29, 0.717) is 22.5 Å². The number of allylic oxidation sites excluding steroid dienone is 7. The number of benzene rings is 1. The number of urea groups is 1. The Morgan fingerprint density at radius 1 is 1.20 bits per heavy atom. The summed E-state index contributed by atoms with van der Waals surface area (Å²) in [6.45, 7) is 8.13. The van der Waals surface area contributed by atoms with E-state index in [9.17, 15) is 18.0 Å². The molecule has 30 heavy (non-hydrogen) atoms. The van der Waals surface area contributed by atoms with Gasteiger partial charge in [0.2, 0.25) is 0 Å². The Labute approximate surface area is 174 Å². The van der Waals surface area contributed by atoms with Gasteiger partial charge in [-0.05, 0) is 79.6 Å². The maximum absolute atomic E-state index is 12.7. The Kier molecular flexibility index (Phi) is 8.85. The maximum atomic E-state index is 12.7. The molecule has 160 valence electrons. The molecule has 0 heterocycles. The molecule has 5 N–H and O–H groups in total. The number of nitrogens with zero attached hydrogens (tertiary/aromatic N) is 1. The van der Waals surface area contributed by atoms with E-state index in [1.807, 2.05) is 13.0 Å². The third-order valence-electron chi connectivity index (χ3n) is 3.90. The summed E-state index contributed by atoms with van der Waals surface area (Å²) in [6, 6.07) is 6.39. The normalized spacial score (nSPS) is 14.2. The van der Waals surface area contributed by atoms with Gasteiger partial charge in [0.05, 0.1) is 0 Å². The molecule has 1 rings (SSSR count). The van der Waals surface area contributed by atoms with Gasteiger partial charge >= 0.3 is 12.2 Å². The number of nitrogens with two attached hydrogens (primary N) is 2. The van der Waals surface area contributed by atoms with Crippen LogP contribution in [0.15, 0.2) is 83.2 Å². The van der Waals surface area contributed by atoms with Crippen molar-refractivity contribution in [1.29, 1.82) is 0 Å². The first kappa shape index (κ1) is 24.5. The predicted molar refractivity (Wildman–Crippen MR) is 117 cm³/mol. The molecule has 0 radical (unpaired) electrons. The first-order chi connectivity index (χ1) is 13.9. The molecular formula is C22H25F3N4O. The summed E-state index contributed by atoms with van der Waals surface area (Å²) in [5, 5.41) is 2.50. The SMILES string of the molecule is C=C(/C=C(C)/C(/C=C\N)=C/C(C)=N/C=C(\C)c1cccc(NC(N)=O)c1)C(F)(F)F. The highest BCUT2D eigenvalue weighted by Crippen LogP contribution is 2.27. The second-order valence-electron chi connectivity index (χ2n) is 6.46. The molecule has 0 unspecified atom stereocenters. The van der Waals surface area contributed by atoms with Crippen LogP contribution in [0.1, 0.15) is 26.3 Å². The largest absolute Gasteiger partial charge is 0.415 e. The van der Waals surface area contributed by atoms with E-state index in [0.717, 1.165) is 17.2 Å². The second kappa shape index (κ2) is 10.8. The van der Waals surface area contributed by atoms with Crippen LogP contribution in [0, 0.1) is 0 Å². The van der Waals surface area contributed by atoms with Crippen LogP contribution in [0.3, 0.4) is 0 Å². The number of halogens is 3. The molecule has 0 spiro atoms. The number of hydrogen-bond acceptors (Lipinski definition) is 3. The lowest BCUT2D eigenvalue weighted by molar-refractivity contribution is -0.0878. The Morgan fingerprint density at radius 2 is 1.87 bits per heavy atom. The van der Waals surface area contributed by atoms with Crippen molar-refractivity contribution in [3.63, 3.8) is 0 Å². The van der Waals surface area contributed by atoms with Crippen LogP contribution in [0.2, 0.25) is 0 Å². The molecule has 0 bridgehead atoms. The van der Waals surface area contributed by atoms with Gasteiger partial charge in [-0.1, -0.05) is 18.7 Å². The van der Waals surface area contributed by atoms with Crippen molar-refractivity contribution in [2.75, 3.05) is 5.32 Å². The minimum atomic E-state index is -4.50. The van der Waals surface area contributed by atoms with Crippen molar-refractivity contribution in [2.24, 2.45) is 16.5 Å². The zero-order valence-corrected chi connectivity index (χ0v) is 17.0. The zero-order valence-electron chi connectivity index (χ0n) is 17.0. The molecule has 5 nitrogen and oxygen atoms in total. The fourth-order valence-electron chi connectivity index (χ4n) is 2.34. The van der Waals surface area contributed by atoms with Gasteiger partial charge in [-0.3, -0.25) is 4.99 Å². The third-order valence-corrected chi connectivity index (χ3v) is 3.90. The van der Waals surface area contributed by atoms with E-state index < -0.39 is 17.8 Å². The molecule has 0 aliphatic heterocycles. The molecule has 0 saturated heterocycles. The molecule has 2 amide bonds. The first-order valence-electron chi connectivity index (χ1n) is 8.87. The van der Waals surface area contributed by atoms with E-state index in [4.69, 9.17) is 11.5 Å². The highest BCUT2D eigenvalue weighted by Gasteiger charge is 2.30. The molecule has 0 aromatic heterocycles. The Bertz CT molecular complexity index is 951. The van der Waals surface area contributed by atoms with Crippen LogP contribution in [-0.2, 0) is 0 Å². The Hall–Kier alpha value is -3.55. The summed E-state index contributed by atoms with van der Waals surface area (Å²) < 4.78 is 38.2. The van der Waals surface area contributed by atoms with E-state index in [1.54, 1.807) is 37.4 Å². The van der Waals surface area contributed by atoms with Crippen LogP contribution in [0.5, 0.6) is 0 Å². The van der Waals surface area contributed by atoms with E-state index >= 15 is 0 Å². The summed E-state index contributed by atoms with van der Waals surface area (Å²) in [5.74, 6) is 0. The van der Waals surface area contributed by atoms with Gasteiger partial charge in [-0.25, -0.2) is 4.79 Å². The summed E-state index contributed by atoms with van der Waals surface area (Å²) in [7, 11) is 0. The number of anilines is 1. The summed E-state index contributed by atoms with van der Waals surface area (Å²) in [5.41, 5.74) is 13.1. The molecule has 8 heteroatoms. The third kappa shape index (κ3) is 8.22. The average Bonchev–Trinajstić information content (AvgIpc) is 2.64. The number of amides is 2. The lowest BCUT2D eigenvalue weighted by Crippen LogP contribution is -2.19. The van der Waals surface area contributed by atoms with Gasteiger partial charge in [-0.15, -0.1) is 0 Å². The summed E-state index contributed by atoms with van der Waals surface area (Å²) >= 11 is 0. The number of aliphatic imine (C=N–C) groups is 1. The molecular weight excluding hydrogens is 393 g/mol. The van der Waals surface area contributed by atoms with Crippen LogP contribution < -0.4 is 16.8 Å². The van der Waals surface area contributed by atoms with Crippen molar-refractivity contribution in [3.05, 3.63) is 83.8 Å². The molecule has 0 fully saturated rings. The lowest BCUT2D eigenvalue weighted by Gasteiger charge is -2.08. The van der Waals surface area contributed by atoms with Crippen LogP contribution >= 0.6 is 0 Å². The molecule has 0 aliphatic rings. The van der Waals surface area contributed by atoms with Gasteiger partial charge in [0.25, 0.3) is 0 Å². The number of rotatable bonds is 7. The number of hydrogen-bond donors (Lipinski definition) is 3. The van der Waals surface area contributed by atoms with Crippen molar-refractivity contribution in [1.82, 2.24) is 0 Å². The number of alkyl halides is 3. The van der Waals surface area contributed by atoms with Crippen molar-refractivity contribution in [3.8, 4) is 0 Å². The fraction of sp³-hybridized carbons (Fsp3) is 0.182. The monoisotopic (exact) mass is 418 g/mol. The maximum Gasteiger partial charge on any atom is 0.415 e. The zero-order chi connectivity index (χ0) is 22.9. The van der Waals surface area contributed by atoms with Crippen molar-refractivity contribution in [2.45, 2.75) is 26.9 Å². The van der Waals surface area contributed by atoms with Gasteiger partial charge in [-0.2, -0.15) is 13.2 Å². The Balaban J connectivity index is 3.15. The lowest BCUT2D eigenvalue weighted by atomic mass is 10.0. The van der Waals surface area contributed by atoms with Crippen LogP contribution in [-0.4, -0.2) is 17.9 Å². The topological polar surface area (TPSA) is 93.5 Å². The van der Waals surface area contributed by atoms with E-state index in [1.165, 1.54) is 19.2 Å². The van der Waals surface area contributed by atoms with Crippen LogP contribution in [0.4, 0.5) is 23.7 Å². The smallest absolute Gasteiger partial charge is 0.405 e. The molecule has 0 atom stereocenters. The average molecular weight is 418 g/mol. The predicted octanol–water partition coefficient (Wildman–Crippen LogP) is 5.46. The minimum absolute atomic E-state index is 0.347. The molecule has 1 aromatic carbocycles. The number of primary amides is 1. The summed E-state index contributed by atoms with van der Waals surface area (Å²) in [4.78, 5) is 15.3. The van der Waals surface area contributed by atoms with E-state index in [2.05, 4.69) is 16.9 Å². The highest BCUT2D eigenvalue weighted by atomic mass is 19.4. The molecule has 0 saturated carbocycles. The Morgan fingerprint density at radius 3 is 2.43 bits per heavy atom. The van der Waals surface area contributed by atoms with Gasteiger partial charge in [0.15, 0.2) is 0 Å². The van der Waals surface area contributed by atoms with Crippen LogP contribution in [0.25, 0.3) is 5.57 Å². The van der Waals surface area contributed by atoms with Crippen molar-refractivity contribution >= 4 is 23.0 Å². The van der Waals surface area contributed by atoms with Crippen molar-refractivity contribution < 1.29 is 18.0 Å². The standard InChI is InChI=1S/C22H25F3N4O/c1-14(10-16(3)22(23,24)25)19(8-9-26)11-17(4)28-13-15(2)18-6-5-7-20(12-18)29-21(27)30/h5-13H,3,26H2,1-2,4H3,(H3,27,29,30)/b9-8-,14-10+,15-13+,19-11+,28-17+. The van der Waals surface area contributed by atoms with Gasteiger partial charge in [0, 0.05) is 23.2 Å². The number of nitrogens with one attached hydrogen (secondary N) is 1. The number of carbonyl (C=O) groups excluding carboxylic acids is 1. The van der Waals surface area contributed by atoms with Gasteiger partial charge < -0.3 is 16.8 Å². The second-order valence-corrected chi connectivity index (χ2v) is 6.46. The molecule has 1 aromatic rings.